The number of fused-ring (bicyclic) bond motifs is 1. The lowest BCUT2D eigenvalue weighted by Gasteiger charge is -1.99. The molecule has 0 unspecified atom stereocenters. The Bertz CT molecular complexity index is 760. The summed E-state index contributed by atoms with van der Waals surface area (Å²) in [4.78, 5) is 15.9. The number of amides is 1. The third kappa shape index (κ3) is 1.78. The molecule has 4 heteroatoms. The molecule has 2 heterocycles. The minimum Gasteiger partial charge on any atom is -0.365 e. The molecular weight excluding hydrogens is 238 g/mol. The van der Waals surface area contributed by atoms with Gasteiger partial charge in [-0.3, -0.25) is 4.79 Å². The largest absolute Gasteiger partial charge is 0.365 e. The average molecular weight is 250 g/mol. The molecule has 1 amide bonds. The number of hydrogen-bond donors (Lipinski definition) is 1. The summed E-state index contributed by atoms with van der Waals surface area (Å²) in [5.41, 5.74) is 9.05. The number of benzene rings is 1. The van der Waals surface area contributed by atoms with Crippen molar-refractivity contribution in [2.45, 2.75) is 6.92 Å². The van der Waals surface area contributed by atoms with Crippen LogP contribution in [0.15, 0.2) is 42.6 Å². The molecule has 3 aromatic rings. The van der Waals surface area contributed by atoms with Crippen molar-refractivity contribution in [2.75, 3.05) is 0 Å². The van der Waals surface area contributed by atoms with E-state index in [2.05, 4.69) is 11.1 Å². The number of pyridine rings is 1. The summed E-state index contributed by atoms with van der Waals surface area (Å²) in [5, 5.41) is 0. The summed E-state index contributed by atoms with van der Waals surface area (Å²) in [7, 11) is 0. The van der Waals surface area contributed by atoms with Gasteiger partial charge in [0.15, 0.2) is 5.65 Å². The average Bonchev–Trinajstić information content (AvgIpc) is 2.77. The van der Waals surface area contributed by atoms with Crippen molar-refractivity contribution >= 4 is 11.6 Å². The Morgan fingerprint density at radius 3 is 2.74 bits per heavy atom. The summed E-state index contributed by atoms with van der Waals surface area (Å²) < 4.78 is 1.86. The molecule has 0 fully saturated rings. The molecule has 0 saturated carbocycles. The maximum atomic E-state index is 11.4. The number of carbonyl (C=O) groups excluding carboxylic acids is 1. The fraction of sp³-hybridized carbons (Fsp3) is 0.0667. The van der Waals surface area contributed by atoms with Gasteiger partial charge < -0.3 is 10.1 Å². The van der Waals surface area contributed by atoms with Gasteiger partial charge in [-0.1, -0.05) is 30.3 Å². The summed E-state index contributed by atoms with van der Waals surface area (Å²) in [6.07, 6.45) is 1.83. The van der Waals surface area contributed by atoms with Gasteiger partial charge in [-0.25, -0.2) is 4.98 Å². The van der Waals surface area contributed by atoms with Gasteiger partial charge in [0, 0.05) is 23.5 Å². The van der Waals surface area contributed by atoms with Crippen molar-refractivity contribution in [2.24, 2.45) is 5.73 Å². The SMILES string of the molecule is Cc1c(-c2ccccc2)nc2c(C(N)=O)[c]ccn12. The topological polar surface area (TPSA) is 60.4 Å². The van der Waals surface area contributed by atoms with Gasteiger partial charge in [-0.2, -0.15) is 0 Å². The smallest absolute Gasteiger partial charge is 0.253 e. The second-order valence-electron chi connectivity index (χ2n) is 4.30. The number of primary amides is 1. The Morgan fingerprint density at radius 2 is 2.05 bits per heavy atom. The van der Waals surface area contributed by atoms with Crippen LogP contribution in [0.2, 0.25) is 0 Å². The van der Waals surface area contributed by atoms with Crippen molar-refractivity contribution in [3.8, 4) is 11.3 Å². The van der Waals surface area contributed by atoms with E-state index in [4.69, 9.17) is 5.73 Å². The Labute approximate surface area is 110 Å². The molecule has 0 aliphatic carbocycles. The van der Waals surface area contributed by atoms with Crippen LogP contribution < -0.4 is 5.73 Å². The molecule has 0 aliphatic rings. The Hall–Kier alpha value is -2.62. The molecule has 19 heavy (non-hydrogen) atoms. The number of aromatic nitrogens is 2. The van der Waals surface area contributed by atoms with Gasteiger partial charge in [0.25, 0.3) is 5.91 Å². The first kappa shape index (κ1) is 11.5. The standard InChI is InChI=1S/C15H12N3O/c1-10-13(11-6-3-2-4-7-11)17-15-12(14(16)19)8-5-9-18(10)15/h2-7,9H,1H3,(H2,16,19). The number of carbonyl (C=O) groups is 1. The van der Waals surface area contributed by atoms with Crippen LogP contribution in [0.4, 0.5) is 0 Å². The van der Waals surface area contributed by atoms with Crippen LogP contribution >= 0.6 is 0 Å². The molecule has 2 aromatic heterocycles. The van der Waals surface area contributed by atoms with Crippen LogP contribution in [-0.4, -0.2) is 15.3 Å². The maximum Gasteiger partial charge on any atom is 0.253 e. The van der Waals surface area contributed by atoms with E-state index >= 15 is 0 Å². The van der Waals surface area contributed by atoms with Crippen LogP contribution in [-0.2, 0) is 0 Å². The zero-order valence-electron chi connectivity index (χ0n) is 10.4. The minimum absolute atomic E-state index is 0.313. The van der Waals surface area contributed by atoms with Crippen LogP contribution in [0.3, 0.4) is 0 Å². The van der Waals surface area contributed by atoms with E-state index in [1.165, 1.54) is 0 Å². The third-order valence-electron chi connectivity index (χ3n) is 3.12. The molecule has 0 spiro atoms. The first-order valence-corrected chi connectivity index (χ1v) is 5.93. The van der Waals surface area contributed by atoms with Gasteiger partial charge in [0.2, 0.25) is 0 Å². The lowest BCUT2D eigenvalue weighted by atomic mass is 10.1. The maximum absolute atomic E-state index is 11.4. The van der Waals surface area contributed by atoms with E-state index in [0.29, 0.717) is 11.2 Å². The Kier molecular flexibility index (Phi) is 2.56. The Balaban J connectivity index is 2.32. The van der Waals surface area contributed by atoms with E-state index in [-0.39, 0.29) is 0 Å². The minimum atomic E-state index is -0.518. The van der Waals surface area contributed by atoms with E-state index in [9.17, 15) is 4.79 Å². The van der Waals surface area contributed by atoms with E-state index in [1.54, 1.807) is 6.07 Å². The highest BCUT2D eigenvalue weighted by Crippen LogP contribution is 2.24. The molecule has 0 aliphatic heterocycles. The van der Waals surface area contributed by atoms with Crippen molar-refractivity contribution in [3.05, 3.63) is 59.9 Å². The molecule has 0 bridgehead atoms. The van der Waals surface area contributed by atoms with Gasteiger partial charge in [-0.05, 0) is 13.0 Å². The predicted octanol–water partition coefficient (Wildman–Crippen LogP) is 2.21. The molecule has 0 atom stereocenters. The predicted molar refractivity (Wildman–Crippen MR) is 72.7 cm³/mol. The fourth-order valence-electron chi connectivity index (χ4n) is 2.18. The second kappa shape index (κ2) is 4.24. The third-order valence-corrected chi connectivity index (χ3v) is 3.12. The number of nitrogens with two attached hydrogens (primary N) is 1. The van der Waals surface area contributed by atoms with Crippen molar-refractivity contribution in [1.82, 2.24) is 9.38 Å². The summed E-state index contributed by atoms with van der Waals surface area (Å²) in [5.74, 6) is -0.518. The van der Waals surface area contributed by atoms with Gasteiger partial charge in [0.1, 0.15) is 0 Å². The quantitative estimate of drug-likeness (QED) is 0.758. The number of hydrogen-bond acceptors (Lipinski definition) is 2. The summed E-state index contributed by atoms with van der Waals surface area (Å²) in [6.45, 7) is 1.97. The normalized spacial score (nSPS) is 10.8. The molecule has 2 N–H and O–H groups in total. The van der Waals surface area contributed by atoms with Crippen LogP contribution in [0, 0.1) is 13.0 Å². The summed E-state index contributed by atoms with van der Waals surface area (Å²) >= 11 is 0. The second-order valence-corrected chi connectivity index (χ2v) is 4.30. The zero-order valence-corrected chi connectivity index (χ0v) is 10.4. The zero-order chi connectivity index (χ0) is 13.4. The monoisotopic (exact) mass is 250 g/mol. The van der Waals surface area contributed by atoms with Gasteiger partial charge in [0.05, 0.1) is 11.3 Å². The van der Waals surface area contributed by atoms with E-state index < -0.39 is 5.91 Å². The van der Waals surface area contributed by atoms with Crippen molar-refractivity contribution < 1.29 is 4.79 Å². The molecular formula is C15H12N3O. The van der Waals surface area contributed by atoms with E-state index in [1.807, 2.05) is 47.9 Å². The van der Waals surface area contributed by atoms with Gasteiger partial charge in [-0.15, -0.1) is 0 Å². The molecule has 93 valence electrons. The lowest BCUT2D eigenvalue weighted by Crippen LogP contribution is -2.12. The molecule has 0 saturated heterocycles. The van der Waals surface area contributed by atoms with Crippen molar-refractivity contribution in [1.29, 1.82) is 0 Å². The lowest BCUT2D eigenvalue weighted by molar-refractivity contribution is 0.100. The number of nitrogens with zero attached hydrogens (tertiary/aromatic N) is 2. The first-order valence-electron chi connectivity index (χ1n) is 5.93. The van der Waals surface area contributed by atoms with Gasteiger partial charge >= 0.3 is 0 Å². The number of aryl methyl sites for hydroxylation is 1. The van der Waals surface area contributed by atoms with Crippen LogP contribution in [0.5, 0.6) is 0 Å². The molecule has 4 nitrogen and oxygen atoms in total. The number of imidazole rings is 1. The highest BCUT2D eigenvalue weighted by Gasteiger charge is 2.15. The highest BCUT2D eigenvalue weighted by molar-refractivity contribution is 5.98. The fourth-order valence-corrected chi connectivity index (χ4v) is 2.18. The van der Waals surface area contributed by atoms with Crippen LogP contribution in [0.1, 0.15) is 16.1 Å². The summed E-state index contributed by atoms with van der Waals surface area (Å²) in [6, 6.07) is 14.4. The first-order chi connectivity index (χ1) is 9.18. The highest BCUT2D eigenvalue weighted by atomic mass is 16.1. The van der Waals surface area contributed by atoms with E-state index in [0.717, 1.165) is 17.0 Å². The molecule has 1 aromatic carbocycles. The molecule has 1 radical (unpaired) electrons. The number of rotatable bonds is 2. The van der Waals surface area contributed by atoms with Crippen molar-refractivity contribution in [3.63, 3.8) is 0 Å². The molecule has 3 rings (SSSR count). The Morgan fingerprint density at radius 1 is 1.32 bits per heavy atom. The van der Waals surface area contributed by atoms with Crippen LogP contribution in [0.25, 0.3) is 16.9 Å².